The Morgan fingerprint density at radius 3 is 2.00 bits per heavy atom. The number of nitrogens with zero attached hydrogens (tertiary/aromatic N) is 2. The van der Waals surface area contributed by atoms with Gasteiger partial charge in [-0.25, -0.2) is 18.6 Å². The highest BCUT2D eigenvalue weighted by atomic mass is 35.7. The molecule has 1 aromatic carbocycles. The monoisotopic (exact) mass is 308 g/mol. The van der Waals surface area contributed by atoms with E-state index in [1.54, 1.807) is 0 Å². The average Bonchev–Trinajstić information content (AvgIpc) is 2.59. The summed E-state index contributed by atoms with van der Waals surface area (Å²) in [5.74, 6) is 0. The molecule has 1 aliphatic heterocycles. The van der Waals surface area contributed by atoms with E-state index in [1.165, 1.54) is 11.3 Å². The standard InChI is InChI=1S/C11H14ClN2.ClHO4/c1-13-8-7-11(14(13)2)9-3-5-10(12)6-4-9;2-1(3,4)5/h3-6H,7-8H2,1-2H3;(H,2,3,4,5)/q+1;/p-1. The molecule has 1 aromatic rings. The van der Waals surface area contributed by atoms with Gasteiger partial charge in [0.15, 0.2) is 7.05 Å². The summed E-state index contributed by atoms with van der Waals surface area (Å²) in [5.41, 5.74) is 2.63. The summed E-state index contributed by atoms with van der Waals surface area (Å²) >= 11 is 5.85. The van der Waals surface area contributed by atoms with E-state index in [9.17, 15) is 0 Å². The number of halogens is 2. The van der Waals surface area contributed by atoms with Gasteiger partial charge < -0.3 is 0 Å². The van der Waals surface area contributed by atoms with Crippen LogP contribution in [0.15, 0.2) is 24.3 Å². The van der Waals surface area contributed by atoms with E-state index < -0.39 is 10.2 Å². The molecule has 0 N–H and O–H groups in total. The molecule has 0 spiro atoms. The van der Waals surface area contributed by atoms with Crippen LogP contribution in [0.4, 0.5) is 0 Å². The third-order valence-electron chi connectivity index (χ3n) is 2.75. The number of hydrazone groups is 1. The van der Waals surface area contributed by atoms with E-state index in [2.05, 4.69) is 35.9 Å². The van der Waals surface area contributed by atoms with Gasteiger partial charge in [-0.2, -0.15) is 5.01 Å². The van der Waals surface area contributed by atoms with Gasteiger partial charge in [-0.3, -0.25) is 0 Å². The van der Waals surface area contributed by atoms with Crippen molar-refractivity contribution in [3.8, 4) is 0 Å². The Kier molecular flexibility index (Phi) is 5.54. The van der Waals surface area contributed by atoms with E-state index in [-0.39, 0.29) is 0 Å². The lowest BCUT2D eigenvalue weighted by Gasteiger charge is -2.17. The lowest BCUT2D eigenvalue weighted by atomic mass is 10.1. The quantitative estimate of drug-likeness (QED) is 0.524. The molecule has 0 aromatic heterocycles. The first-order chi connectivity index (χ1) is 8.68. The van der Waals surface area contributed by atoms with E-state index >= 15 is 0 Å². The fourth-order valence-electron chi connectivity index (χ4n) is 1.76. The zero-order valence-electron chi connectivity index (χ0n) is 10.5. The van der Waals surface area contributed by atoms with E-state index in [0.29, 0.717) is 0 Å². The van der Waals surface area contributed by atoms with Crippen LogP contribution >= 0.6 is 11.6 Å². The first-order valence-electron chi connectivity index (χ1n) is 5.37. The molecule has 0 atom stereocenters. The summed E-state index contributed by atoms with van der Waals surface area (Å²) in [6, 6.07) is 8.03. The Hall–Kier alpha value is -0.890. The molecule has 2 rings (SSSR count). The Morgan fingerprint density at radius 1 is 1.16 bits per heavy atom. The molecular weight excluding hydrogens is 295 g/mol. The Morgan fingerprint density at radius 2 is 1.63 bits per heavy atom. The van der Waals surface area contributed by atoms with Gasteiger partial charge in [-0.15, -0.1) is 14.9 Å². The number of hydrazine groups is 1. The van der Waals surface area contributed by atoms with Gasteiger partial charge >= 0.3 is 0 Å². The van der Waals surface area contributed by atoms with Crippen LogP contribution in [0.3, 0.4) is 0 Å². The Balaban J connectivity index is 0.000000312. The molecular formula is C11H14Cl2N2O4. The van der Waals surface area contributed by atoms with Crippen molar-refractivity contribution in [3.05, 3.63) is 34.9 Å². The summed E-state index contributed by atoms with van der Waals surface area (Å²) in [6.07, 6.45) is 1.11. The Labute approximate surface area is 118 Å². The van der Waals surface area contributed by atoms with E-state index in [1.807, 2.05) is 12.1 Å². The predicted octanol–water partition coefficient (Wildman–Crippen LogP) is -2.73. The second kappa shape index (κ2) is 6.51. The maximum atomic E-state index is 8.49. The van der Waals surface area contributed by atoms with Crippen molar-refractivity contribution >= 4 is 17.3 Å². The molecule has 0 bridgehead atoms. The van der Waals surface area contributed by atoms with Gasteiger partial charge in [0.25, 0.3) is 0 Å². The average molecular weight is 309 g/mol. The van der Waals surface area contributed by atoms with Crippen LogP contribution in [0.25, 0.3) is 0 Å². The van der Waals surface area contributed by atoms with Gasteiger partial charge in [-0.1, -0.05) is 11.6 Å². The molecule has 0 saturated carbocycles. The normalized spacial score (nSPS) is 15.4. The van der Waals surface area contributed by atoms with Crippen LogP contribution in [0.5, 0.6) is 0 Å². The molecule has 106 valence electrons. The smallest absolute Gasteiger partial charge is 0.214 e. The summed E-state index contributed by atoms with van der Waals surface area (Å²) in [4.78, 5) is 0. The van der Waals surface area contributed by atoms with Crippen LogP contribution in [0.2, 0.25) is 5.02 Å². The maximum absolute atomic E-state index is 8.49. The number of benzene rings is 1. The maximum Gasteiger partial charge on any atom is 0.214 e. The third-order valence-corrected chi connectivity index (χ3v) is 3.00. The van der Waals surface area contributed by atoms with Gasteiger partial charge in [0.1, 0.15) is 0 Å². The molecule has 6 nitrogen and oxygen atoms in total. The van der Waals surface area contributed by atoms with Crippen LogP contribution in [-0.2, 0) is 0 Å². The largest absolute Gasteiger partial charge is 0.222 e. The van der Waals surface area contributed by atoms with Crippen LogP contribution in [0, 0.1) is 10.2 Å². The van der Waals surface area contributed by atoms with Crippen molar-refractivity contribution in [3.63, 3.8) is 0 Å². The number of hydrogen-bond acceptors (Lipinski definition) is 5. The molecule has 19 heavy (non-hydrogen) atoms. The lowest BCUT2D eigenvalue weighted by molar-refractivity contribution is -2.00. The topological polar surface area (TPSA) is 98.5 Å². The summed E-state index contributed by atoms with van der Waals surface area (Å²) in [7, 11) is -0.750. The van der Waals surface area contributed by atoms with Crippen LogP contribution in [0.1, 0.15) is 12.0 Å². The van der Waals surface area contributed by atoms with Crippen molar-refractivity contribution < 1.29 is 33.6 Å². The lowest BCUT2D eigenvalue weighted by Crippen LogP contribution is -2.68. The molecule has 1 aliphatic rings. The zero-order valence-corrected chi connectivity index (χ0v) is 12.0. The van der Waals surface area contributed by atoms with Crippen molar-refractivity contribution in [2.75, 3.05) is 20.6 Å². The highest BCUT2D eigenvalue weighted by Crippen LogP contribution is 2.14. The molecule has 0 radical (unpaired) electrons. The minimum absolute atomic E-state index is 0.795. The summed E-state index contributed by atoms with van der Waals surface area (Å²) in [6.45, 7) is 1.09. The first-order valence-corrected chi connectivity index (χ1v) is 6.98. The predicted molar refractivity (Wildman–Crippen MR) is 59.0 cm³/mol. The minimum Gasteiger partial charge on any atom is -0.222 e. The second-order valence-corrected chi connectivity index (χ2v) is 5.18. The molecule has 1 heterocycles. The van der Waals surface area contributed by atoms with E-state index in [4.69, 9.17) is 30.2 Å². The molecule has 0 saturated heterocycles. The third kappa shape index (κ3) is 5.73. The summed E-state index contributed by atoms with van der Waals surface area (Å²) in [5, 5.41) is 3.01. The van der Waals surface area contributed by atoms with Gasteiger partial charge in [-0.05, 0) is 24.3 Å². The van der Waals surface area contributed by atoms with Crippen LogP contribution in [-0.4, -0.2) is 36.0 Å². The van der Waals surface area contributed by atoms with E-state index in [0.717, 1.165) is 18.0 Å². The van der Waals surface area contributed by atoms with Crippen molar-refractivity contribution in [1.29, 1.82) is 0 Å². The summed E-state index contributed by atoms with van der Waals surface area (Å²) < 4.78 is 36.2. The van der Waals surface area contributed by atoms with Crippen molar-refractivity contribution in [1.82, 2.24) is 5.01 Å². The molecule has 0 fully saturated rings. The van der Waals surface area contributed by atoms with Gasteiger partial charge in [0.05, 0.1) is 20.0 Å². The Bertz CT molecular complexity index is 451. The number of rotatable bonds is 1. The molecule has 0 aliphatic carbocycles. The van der Waals surface area contributed by atoms with Crippen molar-refractivity contribution in [2.45, 2.75) is 6.42 Å². The molecule has 0 unspecified atom stereocenters. The fourth-order valence-corrected chi connectivity index (χ4v) is 1.89. The first kappa shape index (κ1) is 16.2. The SMILES string of the molecule is CN1CCC(c2ccc(Cl)cc2)=[N+]1C.[O-][Cl+3]([O-])([O-])[O-]. The highest BCUT2D eigenvalue weighted by Gasteiger charge is 2.25. The fraction of sp³-hybridized carbons (Fsp3) is 0.364. The van der Waals surface area contributed by atoms with Crippen molar-refractivity contribution in [2.24, 2.45) is 0 Å². The molecule has 8 heteroatoms. The van der Waals surface area contributed by atoms with Crippen LogP contribution < -0.4 is 18.6 Å². The minimum atomic E-state index is -4.94. The second-order valence-electron chi connectivity index (χ2n) is 3.99. The van der Waals surface area contributed by atoms with Gasteiger partial charge in [0.2, 0.25) is 5.71 Å². The highest BCUT2D eigenvalue weighted by molar-refractivity contribution is 6.30. The molecule has 0 amide bonds. The zero-order chi connectivity index (χ0) is 14.6. The number of hydrogen-bond donors (Lipinski definition) is 0. The van der Waals surface area contributed by atoms with Gasteiger partial charge in [0, 0.05) is 10.6 Å².